The van der Waals surface area contributed by atoms with Crippen molar-refractivity contribution in [3.8, 4) is 5.75 Å². The summed E-state index contributed by atoms with van der Waals surface area (Å²) in [5.41, 5.74) is 2.60. The first-order valence-electron chi connectivity index (χ1n) is 8.60. The molecule has 2 aliphatic rings. The number of ether oxygens (including phenoxy) is 1. The Bertz CT molecular complexity index is 453. The van der Waals surface area contributed by atoms with Crippen LogP contribution in [0.25, 0.3) is 0 Å². The molecule has 1 saturated heterocycles. The first kappa shape index (κ1) is 14.7. The molecule has 1 atom stereocenters. The average molecular weight is 288 g/mol. The molecule has 3 rings (SSSR count). The van der Waals surface area contributed by atoms with E-state index in [9.17, 15) is 0 Å². The summed E-state index contributed by atoms with van der Waals surface area (Å²) in [6, 6.07) is 7.35. The maximum absolute atomic E-state index is 5.67. The molecular weight excluding hydrogens is 260 g/mol. The smallest absolute Gasteiger partial charge is 0.142 e. The van der Waals surface area contributed by atoms with Gasteiger partial charge in [-0.2, -0.15) is 0 Å². The van der Waals surface area contributed by atoms with Gasteiger partial charge in [-0.3, -0.25) is 0 Å². The maximum Gasteiger partial charge on any atom is 0.142 e. The molecule has 0 spiro atoms. The van der Waals surface area contributed by atoms with Crippen LogP contribution in [0, 0.1) is 0 Å². The van der Waals surface area contributed by atoms with Gasteiger partial charge in [0, 0.05) is 12.6 Å². The molecule has 21 heavy (non-hydrogen) atoms. The molecule has 2 aliphatic heterocycles. The Hall–Kier alpha value is -1.22. The van der Waals surface area contributed by atoms with E-state index < -0.39 is 0 Å². The number of nitrogens with one attached hydrogen (secondary N) is 1. The molecular formula is C18H28N2O. The van der Waals surface area contributed by atoms with E-state index in [0.717, 1.165) is 25.3 Å². The van der Waals surface area contributed by atoms with Gasteiger partial charge in [-0.1, -0.05) is 25.8 Å². The Balaban J connectivity index is 1.68. The molecule has 116 valence electrons. The summed E-state index contributed by atoms with van der Waals surface area (Å²) < 4.78 is 5.67. The van der Waals surface area contributed by atoms with Crippen LogP contribution in [-0.2, 0) is 6.42 Å². The van der Waals surface area contributed by atoms with Crippen LogP contribution < -0.4 is 10.1 Å². The van der Waals surface area contributed by atoms with Crippen molar-refractivity contribution in [2.24, 2.45) is 0 Å². The molecule has 3 heteroatoms. The van der Waals surface area contributed by atoms with E-state index in [1.165, 1.54) is 56.4 Å². The predicted molar refractivity (Wildman–Crippen MR) is 88.3 cm³/mol. The minimum atomic E-state index is 0.686. The summed E-state index contributed by atoms with van der Waals surface area (Å²) >= 11 is 0. The molecule has 2 heterocycles. The normalized spacial score (nSPS) is 20.8. The van der Waals surface area contributed by atoms with Gasteiger partial charge in [-0.25, -0.2) is 0 Å². The van der Waals surface area contributed by atoms with Gasteiger partial charge in [0.15, 0.2) is 0 Å². The number of likely N-dealkylation sites (tertiary alicyclic amines) is 1. The predicted octanol–water partition coefficient (Wildman–Crippen LogP) is 3.69. The Morgan fingerprint density at radius 2 is 2.00 bits per heavy atom. The van der Waals surface area contributed by atoms with Crippen LogP contribution >= 0.6 is 0 Å². The van der Waals surface area contributed by atoms with Crippen LogP contribution in [0.4, 0.5) is 5.69 Å². The largest absolute Gasteiger partial charge is 0.490 e. The van der Waals surface area contributed by atoms with Gasteiger partial charge in [-0.05, 0) is 56.5 Å². The molecule has 1 aromatic rings. The van der Waals surface area contributed by atoms with Crippen LogP contribution in [0.1, 0.15) is 44.6 Å². The van der Waals surface area contributed by atoms with Gasteiger partial charge < -0.3 is 15.0 Å². The van der Waals surface area contributed by atoms with Crippen molar-refractivity contribution in [2.45, 2.75) is 51.5 Å². The van der Waals surface area contributed by atoms with E-state index in [1.807, 2.05) is 0 Å². The number of benzene rings is 1. The van der Waals surface area contributed by atoms with Gasteiger partial charge in [0.1, 0.15) is 12.4 Å². The van der Waals surface area contributed by atoms with Crippen LogP contribution in [-0.4, -0.2) is 37.2 Å². The van der Waals surface area contributed by atoms with E-state index in [4.69, 9.17) is 4.74 Å². The Labute approximate surface area is 128 Å². The van der Waals surface area contributed by atoms with Crippen molar-refractivity contribution >= 4 is 5.69 Å². The second-order valence-corrected chi connectivity index (χ2v) is 6.32. The standard InChI is InChI=1S/C18H28N2O/c1-2-16(20-10-5-3-4-6-11-20)13-15-7-8-18-17(14-15)19-9-12-21-18/h7-8,14,16,19H,2-6,9-13H2,1H3. The zero-order chi connectivity index (χ0) is 14.5. The number of fused-ring (bicyclic) bond motifs is 1. The molecule has 1 aromatic carbocycles. The lowest BCUT2D eigenvalue weighted by Gasteiger charge is -2.30. The van der Waals surface area contributed by atoms with Crippen LogP contribution in [0.2, 0.25) is 0 Å². The van der Waals surface area contributed by atoms with Gasteiger partial charge in [0.2, 0.25) is 0 Å². The van der Waals surface area contributed by atoms with Crippen molar-refractivity contribution in [2.75, 3.05) is 31.6 Å². The first-order chi connectivity index (χ1) is 10.4. The number of hydrogen-bond donors (Lipinski definition) is 1. The Morgan fingerprint density at radius 1 is 1.19 bits per heavy atom. The third-order valence-electron chi connectivity index (χ3n) is 4.82. The summed E-state index contributed by atoms with van der Waals surface area (Å²) in [5.74, 6) is 1.01. The zero-order valence-electron chi connectivity index (χ0n) is 13.2. The van der Waals surface area contributed by atoms with Crippen LogP contribution in [0.5, 0.6) is 5.75 Å². The molecule has 0 aliphatic carbocycles. The minimum Gasteiger partial charge on any atom is -0.490 e. The fourth-order valence-corrected chi connectivity index (χ4v) is 3.58. The van der Waals surface area contributed by atoms with Crippen molar-refractivity contribution in [1.82, 2.24) is 4.90 Å². The van der Waals surface area contributed by atoms with Crippen LogP contribution in [0.15, 0.2) is 18.2 Å². The van der Waals surface area contributed by atoms with Crippen molar-refractivity contribution in [1.29, 1.82) is 0 Å². The summed E-state index contributed by atoms with van der Waals surface area (Å²) in [6.45, 7) is 6.59. The number of hydrogen-bond acceptors (Lipinski definition) is 3. The number of rotatable bonds is 4. The molecule has 1 N–H and O–H groups in total. The van der Waals surface area contributed by atoms with E-state index in [1.54, 1.807) is 0 Å². The molecule has 1 unspecified atom stereocenters. The van der Waals surface area contributed by atoms with Gasteiger partial charge >= 0.3 is 0 Å². The summed E-state index contributed by atoms with van der Waals surface area (Å²) in [4.78, 5) is 2.72. The highest BCUT2D eigenvalue weighted by Crippen LogP contribution is 2.29. The number of anilines is 1. The van der Waals surface area contributed by atoms with Crippen molar-refractivity contribution in [3.63, 3.8) is 0 Å². The molecule has 0 radical (unpaired) electrons. The third-order valence-corrected chi connectivity index (χ3v) is 4.82. The quantitative estimate of drug-likeness (QED) is 0.914. The zero-order valence-corrected chi connectivity index (χ0v) is 13.2. The SMILES string of the molecule is CCC(Cc1ccc2c(c1)NCCO2)N1CCCCCC1. The van der Waals surface area contributed by atoms with E-state index in [2.05, 4.69) is 35.3 Å². The highest BCUT2D eigenvalue weighted by atomic mass is 16.5. The topological polar surface area (TPSA) is 24.5 Å². The maximum atomic E-state index is 5.67. The molecule has 1 fully saturated rings. The second kappa shape index (κ2) is 7.17. The number of nitrogens with zero attached hydrogens (tertiary/aromatic N) is 1. The van der Waals surface area contributed by atoms with Crippen molar-refractivity contribution in [3.05, 3.63) is 23.8 Å². The van der Waals surface area contributed by atoms with Gasteiger partial charge in [0.25, 0.3) is 0 Å². The second-order valence-electron chi connectivity index (χ2n) is 6.32. The summed E-state index contributed by atoms with van der Waals surface area (Å²) in [6.07, 6.45) is 7.96. The highest BCUT2D eigenvalue weighted by Gasteiger charge is 2.19. The molecule has 3 nitrogen and oxygen atoms in total. The third kappa shape index (κ3) is 3.70. The molecule has 0 aromatic heterocycles. The Kier molecular flexibility index (Phi) is 5.02. The van der Waals surface area contributed by atoms with E-state index in [-0.39, 0.29) is 0 Å². The average Bonchev–Trinajstić information content (AvgIpc) is 2.81. The molecule has 0 saturated carbocycles. The lowest BCUT2D eigenvalue weighted by Crippen LogP contribution is -2.37. The molecule has 0 amide bonds. The van der Waals surface area contributed by atoms with Crippen LogP contribution in [0.3, 0.4) is 0 Å². The van der Waals surface area contributed by atoms with Gasteiger partial charge in [-0.15, -0.1) is 0 Å². The first-order valence-corrected chi connectivity index (χ1v) is 8.60. The van der Waals surface area contributed by atoms with E-state index in [0.29, 0.717) is 6.04 Å². The highest BCUT2D eigenvalue weighted by molar-refractivity contribution is 5.59. The fourth-order valence-electron chi connectivity index (χ4n) is 3.58. The lowest BCUT2D eigenvalue weighted by molar-refractivity contribution is 0.196. The Morgan fingerprint density at radius 3 is 2.76 bits per heavy atom. The van der Waals surface area contributed by atoms with Gasteiger partial charge in [0.05, 0.1) is 5.69 Å². The monoisotopic (exact) mass is 288 g/mol. The lowest BCUT2D eigenvalue weighted by atomic mass is 10.0. The summed E-state index contributed by atoms with van der Waals surface area (Å²) in [5, 5.41) is 3.45. The van der Waals surface area contributed by atoms with Crippen molar-refractivity contribution < 1.29 is 4.74 Å². The van der Waals surface area contributed by atoms with E-state index >= 15 is 0 Å². The summed E-state index contributed by atoms with van der Waals surface area (Å²) in [7, 11) is 0. The molecule has 0 bridgehead atoms. The minimum absolute atomic E-state index is 0.686. The fraction of sp³-hybridized carbons (Fsp3) is 0.667.